The Hall–Kier alpha value is -3.14. The first-order valence-electron chi connectivity index (χ1n) is 11.8. The Bertz CT molecular complexity index is 1480. The quantitative estimate of drug-likeness (QED) is 0.325. The third-order valence-electron chi connectivity index (χ3n) is 6.50. The maximum Gasteiger partial charge on any atom is 0.260 e. The zero-order valence-corrected chi connectivity index (χ0v) is 21.4. The van der Waals surface area contributed by atoms with E-state index in [4.69, 9.17) is 0 Å². The molecule has 4 aromatic rings. The van der Waals surface area contributed by atoms with Crippen molar-refractivity contribution in [3.63, 3.8) is 0 Å². The number of halogens is 1. The molecule has 3 aromatic carbocycles. The molecule has 0 atom stereocenters. The summed E-state index contributed by atoms with van der Waals surface area (Å²) < 4.78 is 42.7. The number of nitrogens with zero attached hydrogens (tertiary/aromatic N) is 3. The van der Waals surface area contributed by atoms with E-state index in [1.54, 1.807) is 12.1 Å². The number of aromatic nitrogens is 1. The molecular formula is C27H26FN3O3S2. The van der Waals surface area contributed by atoms with Crippen LogP contribution in [0.4, 0.5) is 9.52 Å². The second-order valence-electron chi connectivity index (χ2n) is 9.07. The lowest BCUT2D eigenvalue weighted by atomic mass is 10.0. The summed E-state index contributed by atoms with van der Waals surface area (Å²) in [4.78, 5) is 19.8. The molecule has 0 unspecified atom stereocenters. The van der Waals surface area contributed by atoms with E-state index in [1.165, 1.54) is 50.9 Å². The van der Waals surface area contributed by atoms with Crippen molar-refractivity contribution in [3.05, 3.63) is 89.7 Å². The molecular weight excluding hydrogens is 497 g/mol. The van der Waals surface area contributed by atoms with E-state index in [9.17, 15) is 17.6 Å². The van der Waals surface area contributed by atoms with E-state index in [0.717, 1.165) is 18.4 Å². The Labute approximate surface area is 214 Å². The molecule has 0 radical (unpaired) electrons. The Morgan fingerprint density at radius 2 is 1.72 bits per heavy atom. The van der Waals surface area contributed by atoms with Gasteiger partial charge in [-0.15, -0.1) is 0 Å². The third-order valence-corrected chi connectivity index (χ3v) is 9.46. The molecule has 36 heavy (non-hydrogen) atoms. The van der Waals surface area contributed by atoms with Crippen molar-refractivity contribution in [1.82, 2.24) is 9.29 Å². The van der Waals surface area contributed by atoms with Gasteiger partial charge in [0, 0.05) is 18.7 Å². The van der Waals surface area contributed by atoms with Gasteiger partial charge in [-0.25, -0.2) is 17.8 Å². The van der Waals surface area contributed by atoms with Crippen molar-refractivity contribution in [2.24, 2.45) is 5.92 Å². The number of hydrogen-bond donors (Lipinski definition) is 0. The molecule has 2 heterocycles. The Morgan fingerprint density at radius 3 is 2.39 bits per heavy atom. The van der Waals surface area contributed by atoms with Crippen molar-refractivity contribution < 1.29 is 17.6 Å². The number of sulfonamides is 1. The summed E-state index contributed by atoms with van der Waals surface area (Å²) in [6, 6.07) is 20.2. The molecule has 1 aromatic heterocycles. The van der Waals surface area contributed by atoms with Crippen LogP contribution in [0.25, 0.3) is 10.2 Å². The highest BCUT2D eigenvalue weighted by atomic mass is 32.2. The number of amides is 1. The number of piperidine rings is 1. The average molecular weight is 524 g/mol. The standard InChI is InChI=1S/C27H26FN3O3S2/c1-19-14-16-30(17-15-19)36(33,34)22-12-10-21(11-13-22)26(32)31(18-20-6-3-2-4-7-20)27-29-25-23(28)8-5-9-24(25)35-27/h2-13,19H,14-18H2,1H3. The van der Waals surface area contributed by atoms with Crippen LogP contribution in [0.3, 0.4) is 0 Å². The van der Waals surface area contributed by atoms with Gasteiger partial charge in [-0.2, -0.15) is 4.31 Å². The molecule has 0 bridgehead atoms. The highest BCUT2D eigenvalue weighted by Gasteiger charge is 2.29. The molecule has 5 rings (SSSR count). The first-order chi connectivity index (χ1) is 17.3. The van der Waals surface area contributed by atoms with Crippen LogP contribution >= 0.6 is 11.3 Å². The molecule has 1 fully saturated rings. The molecule has 0 aliphatic carbocycles. The second kappa shape index (κ2) is 10.1. The predicted octanol–water partition coefficient (Wildman–Crippen LogP) is 5.70. The third kappa shape index (κ3) is 4.91. The number of para-hydroxylation sites is 1. The van der Waals surface area contributed by atoms with Gasteiger partial charge < -0.3 is 0 Å². The number of anilines is 1. The van der Waals surface area contributed by atoms with Gasteiger partial charge in [0.25, 0.3) is 5.91 Å². The molecule has 186 valence electrons. The van der Waals surface area contributed by atoms with Crippen LogP contribution < -0.4 is 4.90 Å². The lowest BCUT2D eigenvalue weighted by molar-refractivity contribution is 0.0985. The maximum absolute atomic E-state index is 14.3. The monoisotopic (exact) mass is 523 g/mol. The van der Waals surface area contributed by atoms with Crippen LogP contribution in [0.5, 0.6) is 0 Å². The first kappa shape index (κ1) is 24.5. The fourth-order valence-corrected chi connectivity index (χ4v) is 6.76. The fourth-order valence-electron chi connectivity index (χ4n) is 4.31. The van der Waals surface area contributed by atoms with Gasteiger partial charge in [-0.1, -0.05) is 54.7 Å². The Kier molecular flexibility index (Phi) is 6.87. The number of hydrogen-bond acceptors (Lipinski definition) is 5. The average Bonchev–Trinajstić information content (AvgIpc) is 3.33. The van der Waals surface area contributed by atoms with E-state index in [2.05, 4.69) is 11.9 Å². The van der Waals surface area contributed by atoms with Crippen molar-refractivity contribution in [2.45, 2.75) is 31.2 Å². The summed E-state index contributed by atoms with van der Waals surface area (Å²) in [6.45, 7) is 3.38. The molecule has 1 aliphatic heterocycles. The molecule has 1 amide bonds. The SMILES string of the molecule is CC1CCN(S(=O)(=O)c2ccc(C(=O)N(Cc3ccccc3)c3nc4c(F)cccc4s3)cc2)CC1. The summed E-state index contributed by atoms with van der Waals surface area (Å²) in [6.07, 6.45) is 1.68. The van der Waals surface area contributed by atoms with Crippen LogP contribution in [0.2, 0.25) is 0 Å². The molecule has 9 heteroatoms. The number of carbonyl (C=O) groups is 1. The normalized spacial score (nSPS) is 15.3. The minimum absolute atomic E-state index is 0.172. The van der Waals surface area contributed by atoms with E-state index < -0.39 is 15.8 Å². The highest BCUT2D eigenvalue weighted by molar-refractivity contribution is 7.89. The summed E-state index contributed by atoms with van der Waals surface area (Å²) in [5.74, 6) is -0.263. The molecule has 1 aliphatic rings. The van der Waals surface area contributed by atoms with Crippen molar-refractivity contribution >= 4 is 42.6 Å². The zero-order chi connectivity index (χ0) is 25.3. The van der Waals surface area contributed by atoms with Gasteiger partial charge in [-0.3, -0.25) is 9.69 Å². The van der Waals surface area contributed by atoms with Gasteiger partial charge in [-0.05, 0) is 60.7 Å². The molecule has 0 N–H and O–H groups in total. The summed E-state index contributed by atoms with van der Waals surface area (Å²) in [7, 11) is -3.61. The lowest BCUT2D eigenvalue weighted by Gasteiger charge is -2.29. The summed E-state index contributed by atoms with van der Waals surface area (Å²) in [5.41, 5.74) is 1.45. The van der Waals surface area contributed by atoms with Gasteiger partial charge in [0.2, 0.25) is 10.0 Å². The number of benzene rings is 3. The van der Waals surface area contributed by atoms with Crippen molar-refractivity contribution in [3.8, 4) is 0 Å². The molecule has 0 saturated carbocycles. The van der Waals surface area contributed by atoms with Crippen molar-refractivity contribution in [2.75, 3.05) is 18.0 Å². The maximum atomic E-state index is 14.3. The highest BCUT2D eigenvalue weighted by Crippen LogP contribution is 2.32. The van der Waals surface area contributed by atoms with E-state index in [-0.39, 0.29) is 22.9 Å². The Balaban J connectivity index is 1.45. The fraction of sp³-hybridized carbons (Fsp3) is 0.259. The summed E-state index contributed by atoms with van der Waals surface area (Å²) in [5, 5.41) is 0.378. The van der Waals surface area contributed by atoms with Gasteiger partial charge >= 0.3 is 0 Å². The number of fused-ring (bicyclic) bond motifs is 1. The molecule has 0 spiro atoms. The van der Waals surface area contributed by atoms with Gasteiger partial charge in [0.15, 0.2) is 5.13 Å². The van der Waals surface area contributed by atoms with Crippen LogP contribution in [-0.2, 0) is 16.6 Å². The lowest BCUT2D eigenvalue weighted by Crippen LogP contribution is -2.37. The number of carbonyl (C=O) groups excluding carboxylic acids is 1. The van der Waals surface area contributed by atoms with Crippen LogP contribution in [-0.4, -0.2) is 36.7 Å². The van der Waals surface area contributed by atoms with Gasteiger partial charge in [0.05, 0.1) is 16.1 Å². The van der Waals surface area contributed by atoms with Crippen molar-refractivity contribution in [1.29, 1.82) is 0 Å². The second-order valence-corrected chi connectivity index (χ2v) is 12.0. The molecule has 6 nitrogen and oxygen atoms in total. The Morgan fingerprint density at radius 1 is 1.03 bits per heavy atom. The van der Waals surface area contributed by atoms with Gasteiger partial charge in [0.1, 0.15) is 11.3 Å². The number of rotatable bonds is 6. The van der Waals surface area contributed by atoms with Crippen LogP contribution in [0.15, 0.2) is 77.7 Å². The molecule has 1 saturated heterocycles. The van der Waals surface area contributed by atoms with Crippen LogP contribution in [0, 0.1) is 11.7 Å². The first-order valence-corrected chi connectivity index (χ1v) is 14.1. The zero-order valence-electron chi connectivity index (χ0n) is 19.8. The number of thiazole rings is 1. The predicted molar refractivity (Wildman–Crippen MR) is 140 cm³/mol. The van der Waals surface area contributed by atoms with Crippen LogP contribution in [0.1, 0.15) is 35.7 Å². The minimum Gasteiger partial charge on any atom is -0.279 e. The van der Waals surface area contributed by atoms with E-state index in [0.29, 0.717) is 34.4 Å². The van der Waals surface area contributed by atoms with E-state index >= 15 is 0 Å². The van der Waals surface area contributed by atoms with E-state index in [1.807, 2.05) is 30.3 Å². The minimum atomic E-state index is -3.61. The topological polar surface area (TPSA) is 70.6 Å². The smallest absolute Gasteiger partial charge is 0.260 e. The summed E-state index contributed by atoms with van der Waals surface area (Å²) >= 11 is 1.24. The largest absolute Gasteiger partial charge is 0.279 e.